The maximum atomic E-state index is 12.2. The van der Waals surface area contributed by atoms with E-state index in [4.69, 9.17) is 0 Å². The fourth-order valence-corrected chi connectivity index (χ4v) is 3.78. The Morgan fingerprint density at radius 2 is 1.00 bits per heavy atom. The molecule has 0 bridgehead atoms. The number of unbranched alkanes of at least 4 members (excludes halogenated alkanes) is 15. The zero-order valence-corrected chi connectivity index (χ0v) is 19.1. The lowest BCUT2D eigenvalue weighted by Crippen LogP contribution is -2.36. The van der Waals surface area contributed by atoms with Crippen LogP contribution in [0, 0.1) is 0 Å². The summed E-state index contributed by atoms with van der Waals surface area (Å²) in [7, 11) is 0. The van der Waals surface area contributed by atoms with Crippen LogP contribution < -0.4 is 5.32 Å². The van der Waals surface area contributed by atoms with Crippen molar-refractivity contribution < 1.29 is 4.79 Å². The van der Waals surface area contributed by atoms with Crippen molar-refractivity contribution in [3.05, 3.63) is 0 Å². The van der Waals surface area contributed by atoms with Crippen LogP contribution in [0.25, 0.3) is 0 Å². The predicted molar refractivity (Wildman–Crippen MR) is 122 cm³/mol. The molecule has 0 amide bonds. The second-order valence-corrected chi connectivity index (χ2v) is 8.43. The van der Waals surface area contributed by atoms with Gasteiger partial charge in [0.1, 0.15) is 5.78 Å². The van der Waals surface area contributed by atoms with E-state index in [9.17, 15) is 4.79 Å². The summed E-state index contributed by atoms with van der Waals surface area (Å²) in [6.45, 7) is 7.59. The first-order valence-electron chi connectivity index (χ1n) is 12.5. The van der Waals surface area contributed by atoms with Crippen molar-refractivity contribution in [1.29, 1.82) is 0 Å². The van der Waals surface area contributed by atoms with E-state index in [0.717, 1.165) is 25.8 Å². The smallest absolute Gasteiger partial charge is 0.149 e. The topological polar surface area (TPSA) is 29.1 Å². The van der Waals surface area contributed by atoms with E-state index < -0.39 is 0 Å². The molecule has 0 fully saturated rings. The molecule has 0 aliphatic heterocycles. The van der Waals surface area contributed by atoms with Crippen LogP contribution in [0.15, 0.2) is 0 Å². The summed E-state index contributed by atoms with van der Waals surface area (Å²) in [4.78, 5) is 12.2. The lowest BCUT2D eigenvalue weighted by Gasteiger charge is -2.15. The quantitative estimate of drug-likeness (QED) is 0.192. The van der Waals surface area contributed by atoms with Gasteiger partial charge in [-0.2, -0.15) is 0 Å². The molecule has 1 N–H and O–H groups in total. The first-order chi connectivity index (χ1) is 13.3. The fourth-order valence-electron chi connectivity index (χ4n) is 3.78. The highest BCUT2D eigenvalue weighted by Gasteiger charge is 2.14. The van der Waals surface area contributed by atoms with Gasteiger partial charge in [0.25, 0.3) is 0 Å². The van der Waals surface area contributed by atoms with E-state index in [1.807, 2.05) is 0 Å². The van der Waals surface area contributed by atoms with E-state index in [2.05, 4.69) is 26.1 Å². The van der Waals surface area contributed by atoms with Gasteiger partial charge in [0.2, 0.25) is 0 Å². The molecule has 1 unspecified atom stereocenters. The number of ketones is 1. The molecule has 0 heterocycles. The molecule has 1 atom stereocenters. The van der Waals surface area contributed by atoms with Crippen molar-refractivity contribution in [2.24, 2.45) is 0 Å². The number of rotatable bonds is 22. The number of hydrogen-bond acceptors (Lipinski definition) is 2. The Balaban J connectivity index is 3.31. The van der Waals surface area contributed by atoms with Crippen LogP contribution in [-0.4, -0.2) is 18.4 Å². The van der Waals surface area contributed by atoms with Gasteiger partial charge in [-0.05, 0) is 25.8 Å². The molecule has 0 rings (SSSR count). The Labute approximate surface area is 171 Å². The molecule has 0 saturated carbocycles. The van der Waals surface area contributed by atoms with E-state index in [-0.39, 0.29) is 6.04 Å². The molecular formula is C25H51NO. The van der Waals surface area contributed by atoms with Crippen molar-refractivity contribution >= 4 is 5.78 Å². The highest BCUT2D eigenvalue weighted by molar-refractivity contribution is 5.83. The van der Waals surface area contributed by atoms with Gasteiger partial charge in [0.15, 0.2) is 0 Å². The summed E-state index contributed by atoms with van der Waals surface area (Å²) in [5, 5.41) is 3.42. The van der Waals surface area contributed by atoms with Crippen LogP contribution in [0.4, 0.5) is 0 Å². The highest BCUT2D eigenvalue weighted by atomic mass is 16.1. The molecule has 162 valence electrons. The molecule has 2 heteroatoms. The molecule has 27 heavy (non-hydrogen) atoms. The summed E-state index contributed by atoms with van der Waals surface area (Å²) < 4.78 is 0. The predicted octanol–water partition coefficient (Wildman–Crippen LogP) is 7.99. The maximum absolute atomic E-state index is 12.2. The van der Waals surface area contributed by atoms with Gasteiger partial charge < -0.3 is 5.32 Å². The molecule has 0 saturated heterocycles. The number of carbonyl (C=O) groups is 1. The van der Waals surface area contributed by atoms with Crippen LogP contribution in [0.2, 0.25) is 0 Å². The van der Waals surface area contributed by atoms with Crippen LogP contribution in [0.5, 0.6) is 0 Å². The Kier molecular flexibility index (Phi) is 21.6. The highest BCUT2D eigenvalue weighted by Crippen LogP contribution is 2.14. The largest absolute Gasteiger partial charge is 0.307 e. The Morgan fingerprint density at radius 1 is 0.593 bits per heavy atom. The first kappa shape index (κ1) is 26.6. The lowest BCUT2D eigenvalue weighted by atomic mass is 10.0. The first-order valence-corrected chi connectivity index (χ1v) is 12.5. The molecule has 0 aromatic rings. The maximum Gasteiger partial charge on any atom is 0.149 e. The van der Waals surface area contributed by atoms with Crippen LogP contribution in [0.1, 0.15) is 143 Å². The van der Waals surface area contributed by atoms with Gasteiger partial charge in [-0.3, -0.25) is 4.79 Å². The third kappa shape index (κ3) is 18.7. The van der Waals surface area contributed by atoms with Gasteiger partial charge in [-0.15, -0.1) is 0 Å². The third-order valence-corrected chi connectivity index (χ3v) is 5.74. The number of Topliss-reactive ketones (excluding diaryl/α,β-unsaturated/α-hetero) is 1. The fraction of sp³-hybridized carbons (Fsp3) is 0.960. The van der Waals surface area contributed by atoms with Gasteiger partial charge in [-0.1, -0.05) is 117 Å². The SMILES string of the molecule is CCCCCCCCCCCCCCCCCC(=O)C(CC)NCCCC. The zero-order valence-electron chi connectivity index (χ0n) is 19.1. The van der Waals surface area contributed by atoms with Crippen molar-refractivity contribution in [2.45, 2.75) is 149 Å². The minimum atomic E-state index is 0.100. The third-order valence-electron chi connectivity index (χ3n) is 5.74. The second kappa shape index (κ2) is 21.9. The normalized spacial score (nSPS) is 12.4. The average Bonchev–Trinajstić information content (AvgIpc) is 2.68. The van der Waals surface area contributed by atoms with Gasteiger partial charge in [0, 0.05) is 6.42 Å². The molecule has 0 aromatic heterocycles. The summed E-state index contributed by atoms with van der Waals surface area (Å²) >= 11 is 0. The lowest BCUT2D eigenvalue weighted by molar-refractivity contribution is -0.121. The summed E-state index contributed by atoms with van der Waals surface area (Å²) in [6.07, 6.45) is 24.7. The number of hydrogen-bond donors (Lipinski definition) is 1. The standard InChI is InChI=1S/C25H51NO/c1-4-7-9-10-11-12-13-14-15-16-17-18-19-20-21-22-25(27)24(6-3)26-23-8-5-2/h24,26H,4-23H2,1-3H3. The molecule has 0 aromatic carbocycles. The Hall–Kier alpha value is -0.370. The zero-order chi connectivity index (χ0) is 20.0. The summed E-state index contributed by atoms with van der Waals surface area (Å²) in [5.41, 5.74) is 0. The van der Waals surface area contributed by atoms with Crippen LogP contribution in [-0.2, 0) is 4.79 Å². The van der Waals surface area contributed by atoms with Gasteiger partial charge in [-0.25, -0.2) is 0 Å². The molecular weight excluding hydrogens is 330 g/mol. The number of nitrogens with one attached hydrogen (secondary N) is 1. The Morgan fingerprint density at radius 3 is 1.41 bits per heavy atom. The van der Waals surface area contributed by atoms with Crippen LogP contribution >= 0.6 is 0 Å². The average molecular weight is 382 g/mol. The van der Waals surface area contributed by atoms with Gasteiger partial charge in [0.05, 0.1) is 6.04 Å². The second-order valence-electron chi connectivity index (χ2n) is 8.43. The number of carbonyl (C=O) groups excluding carboxylic acids is 1. The van der Waals surface area contributed by atoms with Crippen molar-refractivity contribution in [3.8, 4) is 0 Å². The Bertz CT molecular complexity index is 303. The molecule has 0 radical (unpaired) electrons. The minimum absolute atomic E-state index is 0.100. The summed E-state index contributed by atoms with van der Waals surface area (Å²) in [5.74, 6) is 0.434. The van der Waals surface area contributed by atoms with Crippen molar-refractivity contribution in [1.82, 2.24) is 5.32 Å². The molecule has 0 aliphatic rings. The minimum Gasteiger partial charge on any atom is -0.307 e. The van der Waals surface area contributed by atoms with E-state index in [0.29, 0.717) is 5.78 Å². The van der Waals surface area contributed by atoms with Gasteiger partial charge >= 0.3 is 0 Å². The van der Waals surface area contributed by atoms with Crippen molar-refractivity contribution in [3.63, 3.8) is 0 Å². The van der Waals surface area contributed by atoms with E-state index >= 15 is 0 Å². The van der Waals surface area contributed by atoms with E-state index in [1.165, 1.54) is 103 Å². The van der Waals surface area contributed by atoms with Crippen molar-refractivity contribution in [2.75, 3.05) is 6.54 Å². The molecule has 2 nitrogen and oxygen atoms in total. The monoisotopic (exact) mass is 381 g/mol. The molecule has 0 aliphatic carbocycles. The van der Waals surface area contributed by atoms with Crippen LogP contribution in [0.3, 0.4) is 0 Å². The molecule has 0 spiro atoms. The van der Waals surface area contributed by atoms with E-state index in [1.54, 1.807) is 0 Å². The summed E-state index contributed by atoms with van der Waals surface area (Å²) in [6, 6.07) is 0.100.